The highest BCUT2D eigenvalue weighted by atomic mass is 14.0. The van der Waals surface area contributed by atoms with E-state index in [4.69, 9.17) is 6.58 Å². The molecule has 0 fully saturated rings. The maximum atomic E-state index is 5.62. The van der Waals surface area contributed by atoms with Crippen molar-refractivity contribution in [3.8, 4) is 0 Å². The lowest BCUT2D eigenvalue weighted by molar-refractivity contribution is 1.54. The lowest BCUT2D eigenvalue weighted by atomic mass is 9.99. The first kappa shape index (κ1) is 11.4. The van der Waals surface area contributed by atoms with E-state index in [1.54, 1.807) is 6.08 Å². The molecule has 0 atom stereocenters. The van der Waals surface area contributed by atoms with Crippen LogP contribution in [-0.4, -0.2) is 0 Å². The summed E-state index contributed by atoms with van der Waals surface area (Å²) < 4.78 is 0. The minimum Gasteiger partial charge on any atom is -0.0616 e. The van der Waals surface area contributed by atoms with Crippen LogP contribution < -0.4 is 0 Å². The molecule has 82 valence electrons. The van der Waals surface area contributed by atoms with Crippen molar-refractivity contribution in [1.29, 1.82) is 0 Å². The lowest BCUT2D eigenvalue weighted by Gasteiger charge is -2.06. The van der Waals surface area contributed by atoms with Crippen LogP contribution >= 0.6 is 0 Å². The van der Waals surface area contributed by atoms with Crippen molar-refractivity contribution in [2.24, 2.45) is 0 Å². The highest BCUT2D eigenvalue weighted by molar-refractivity contribution is 5.83. The summed E-state index contributed by atoms with van der Waals surface area (Å²) in [6.45, 7) is 7.71. The van der Waals surface area contributed by atoms with Crippen molar-refractivity contribution in [3.05, 3.63) is 77.9 Å². The molecule has 0 aliphatic rings. The molecular formula is C17H14. The smallest absolute Gasteiger partial charge is 0.0105 e. The molecule has 0 amide bonds. The van der Waals surface area contributed by atoms with Crippen molar-refractivity contribution >= 4 is 17.7 Å². The third kappa shape index (κ3) is 2.73. The van der Waals surface area contributed by atoms with Gasteiger partial charge in [-0.25, -0.2) is 0 Å². The van der Waals surface area contributed by atoms with Gasteiger partial charge in [-0.2, -0.15) is 0 Å². The second-order valence-corrected chi connectivity index (χ2v) is 3.90. The SMILES string of the molecule is [CH]=Cc1ccccc1C(C)=Cc1[c]cccc1. The Labute approximate surface area is 103 Å². The third-order valence-corrected chi connectivity index (χ3v) is 2.67. The molecular weight excluding hydrogens is 204 g/mol. The fraction of sp³-hybridized carbons (Fsp3) is 0.0588. The third-order valence-electron chi connectivity index (χ3n) is 2.67. The summed E-state index contributed by atoms with van der Waals surface area (Å²) in [5, 5.41) is 0. The van der Waals surface area contributed by atoms with Crippen LogP contribution in [0.3, 0.4) is 0 Å². The summed E-state index contributed by atoms with van der Waals surface area (Å²) in [4.78, 5) is 0. The second kappa shape index (κ2) is 5.31. The van der Waals surface area contributed by atoms with Crippen molar-refractivity contribution in [1.82, 2.24) is 0 Å². The quantitative estimate of drug-likeness (QED) is 0.666. The van der Waals surface area contributed by atoms with Crippen molar-refractivity contribution in [2.45, 2.75) is 6.92 Å². The van der Waals surface area contributed by atoms with Gasteiger partial charge in [0.05, 0.1) is 0 Å². The van der Waals surface area contributed by atoms with Gasteiger partial charge in [0.25, 0.3) is 0 Å². The van der Waals surface area contributed by atoms with E-state index in [0.717, 1.165) is 16.7 Å². The molecule has 2 aromatic rings. The van der Waals surface area contributed by atoms with Gasteiger partial charge in [0, 0.05) is 0 Å². The van der Waals surface area contributed by atoms with Gasteiger partial charge in [-0.3, -0.25) is 0 Å². The molecule has 0 spiro atoms. The van der Waals surface area contributed by atoms with Gasteiger partial charge < -0.3 is 0 Å². The zero-order valence-corrected chi connectivity index (χ0v) is 9.85. The van der Waals surface area contributed by atoms with Crippen LogP contribution in [0.2, 0.25) is 0 Å². The molecule has 0 bridgehead atoms. The molecule has 0 heteroatoms. The highest BCUT2D eigenvalue weighted by Gasteiger charge is 2.00. The fourth-order valence-electron chi connectivity index (χ4n) is 1.81. The number of hydrogen-bond donors (Lipinski definition) is 0. The van der Waals surface area contributed by atoms with Crippen LogP contribution in [0.5, 0.6) is 0 Å². The minimum atomic E-state index is 1.05. The number of benzene rings is 2. The van der Waals surface area contributed by atoms with Gasteiger partial charge in [0.2, 0.25) is 0 Å². The van der Waals surface area contributed by atoms with Crippen molar-refractivity contribution in [2.75, 3.05) is 0 Å². The van der Waals surface area contributed by atoms with Gasteiger partial charge >= 0.3 is 0 Å². The largest absolute Gasteiger partial charge is 0.0616 e. The molecule has 2 rings (SSSR count). The van der Waals surface area contributed by atoms with Gasteiger partial charge in [0.1, 0.15) is 0 Å². The predicted octanol–water partition coefficient (Wildman–Crippen LogP) is 4.49. The average molecular weight is 218 g/mol. The molecule has 0 saturated heterocycles. The minimum absolute atomic E-state index is 1.05. The van der Waals surface area contributed by atoms with Crippen molar-refractivity contribution in [3.63, 3.8) is 0 Å². The van der Waals surface area contributed by atoms with Crippen LogP contribution in [0.25, 0.3) is 17.7 Å². The standard InChI is InChI=1S/C17H14/c1-3-16-11-7-8-12-17(16)14(2)13-15-9-5-4-6-10-15/h1,3-9,11-13H,2H3. The van der Waals surface area contributed by atoms with E-state index in [9.17, 15) is 0 Å². The molecule has 0 aliphatic carbocycles. The Balaban J connectivity index is 2.40. The Morgan fingerprint density at radius 1 is 1.12 bits per heavy atom. The van der Waals surface area contributed by atoms with Crippen LogP contribution in [0.4, 0.5) is 0 Å². The zero-order valence-electron chi connectivity index (χ0n) is 9.85. The van der Waals surface area contributed by atoms with E-state index in [0.29, 0.717) is 0 Å². The molecule has 0 N–H and O–H groups in total. The first-order valence-corrected chi connectivity index (χ1v) is 5.60. The van der Waals surface area contributed by atoms with E-state index in [1.807, 2.05) is 42.5 Å². The Morgan fingerprint density at radius 3 is 2.59 bits per heavy atom. The molecule has 2 radical (unpaired) electrons. The lowest BCUT2D eigenvalue weighted by Crippen LogP contribution is -1.85. The Morgan fingerprint density at radius 2 is 1.88 bits per heavy atom. The first-order valence-electron chi connectivity index (χ1n) is 5.60. The van der Waals surface area contributed by atoms with E-state index < -0.39 is 0 Å². The summed E-state index contributed by atoms with van der Waals surface area (Å²) in [7, 11) is 0. The molecule has 0 heterocycles. The number of allylic oxidation sites excluding steroid dienone is 1. The maximum absolute atomic E-state index is 5.62. The van der Waals surface area contributed by atoms with E-state index >= 15 is 0 Å². The van der Waals surface area contributed by atoms with Gasteiger partial charge in [-0.05, 0) is 35.3 Å². The Kier molecular flexibility index (Phi) is 3.56. The molecule has 0 aliphatic heterocycles. The second-order valence-electron chi connectivity index (χ2n) is 3.90. The predicted molar refractivity (Wildman–Crippen MR) is 74.0 cm³/mol. The Hall–Kier alpha value is -2.08. The fourth-order valence-corrected chi connectivity index (χ4v) is 1.81. The zero-order chi connectivity index (χ0) is 12.1. The number of rotatable bonds is 3. The Bertz CT molecular complexity index is 533. The molecule has 0 saturated carbocycles. The molecule has 0 nitrogen and oxygen atoms in total. The monoisotopic (exact) mass is 218 g/mol. The van der Waals surface area contributed by atoms with E-state index in [-0.39, 0.29) is 0 Å². The summed E-state index contributed by atoms with van der Waals surface area (Å²) in [6.07, 6.45) is 3.75. The van der Waals surface area contributed by atoms with Crippen LogP contribution in [0.1, 0.15) is 23.6 Å². The van der Waals surface area contributed by atoms with E-state index in [2.05, 4.69) is 25.1 Å². The summed E-state index contributed by atoms with van der Waals surface area (Å²) in [5.41, 5.74) is 4.48. The normalized spacial score (nSPS) is 11.2. The maximum Gasteiger partial charge on any atom is -0.0105 e. The topological polar surface area (TPSA) is 0 Å². The van der Waals surface area contributed by atoms with Gasteiger partial charge in [-0.15, -0.1) is 0 Å². The average Bonchev–Trinajstić information content (AvgIpc) is 2.40. The number of hydrogen-bond acceptors (Lipinski definition) is 0. The van der Waals surface area contributed by atoms with Crippen LogP contribution in [0, 0.1) is 12.6 Å². The van der Waals surface area contributed by atoms with Crippen molar-refractivity contribution < 1.29 is 0 Å². The summed E-state index contributed by atoms with van der Waals surface area (Å²) >= 11 is 0. The summed E-state index contributed by atoms with van der Waals surface area (Å²) in [5.74, 6) is 0. The molecule has 2 aromatic carbocycles. The highest BCUT2D eigenvalue weighted by Crippen LogP contribution is 2.21. The van der Waals surface area contributed by atoms with Gasteiger partial charge in [0.15, 0.2) is 0 Å². The first-order chi connectivity index (χ1) is 8.31. The van der Waals surface area contributed by atoms with Crippen LogP contribution in [0.15, 0.2) is 48.5 Å². The summed E-state index contributed by atoms with van der Waals surface area (Å²) in [6, 6.07) is 19.2. The van der Waals surface area contributed by atoms with Gasteiger partial charge in [-0.1, -0.05) is 67.3 Å². The van der Waals surface area contributed by atoms with Crippen LogP contribution in [-0.2, 0) is 0 Å². The molecule has 0 aromatic heterocycles. The molecule has 0 unspecified atom stereocenters. The van der Waals surface area contributed by atoms with E-state index in [1.165, 1.54) is 5.57 Å². The molecule has 17 heavy (non-hydrogen) atoms.